The van der Waals surface area contributed by atoms with Crippen molar-refractivity contribution in [1.29, 1.82) is 0 Å². The van der Waals surface area contributed by atoms with Crippen molar-refractivity contribution < 1.29 is 14.3 Å². The third kappa shape index (κ3) is 5.79. The number of benzene rings is 2. The van der Waals surface area contributed by atoms with E-state index in [-0.39, 0.29) is 17.8 Å². The number of carbonyl (C=O) groups excluding carboxylic acids is 2. The van der Waals surface area contributed by atoms with E-state index in [0.29, 0.717) is 5.69 Å². The molecule has 0 fully saturated rings. The predicted octanol–water partition coefficient (Wildman–Crippen LogP) is 3.66. The summed E-state index contributed by atoms with van der Waals surface area (Å²) in [6.45, 7) is 3.45. The van der Waals surface area contributed by atoms with E-state index < -0.39 is 5.97 Å². The van der Waals surface area contributed by atoms with Crippen molar-refractivity contribution in [3.8, 4) is 0 Å². The summed E-state index contributed by atoms with van der Waals surface area (Å²) < 4.78 is 5.06. The average Bonchev–Trinajstić information content (AvgIpc) is 2.55. The molecular formula is C18H19NO3S. The molecular weight excluding hydrogens is 310 g/mol. The van der Waals surface area contributed by atoms with E-state index in [9.17, 15) is 9.59 Å². The number of amides is 1. The molecule has 120 valence electrons. The Morgan fingerprint density at radius 1 is 1.09 bits per heavy atom. The highest BCUT2D eigenvalue weighted by molar-refractivity contribution is 8.00. The summed E-state index contributed by atoms with van der Waals surface area (Å²) in [6.07, 6.45) is 0. The van der Waals surface area contributed by atoms with Crippen molar-refractivity contribution in [3.63, 3.8) is 0 Å². The molecule has 2 aromatic carbocycles. The molecule has 0 aliphatic heterocycles. The minimum atomic E-state index is -0.405. The van der Waals surface area contributed by atoms with Crippen LogP contribution < -0.4 is 5.32 Å². The Bertz CT molecular complexity index is 656. The van der Waals surface area contributed by atoms with Gasteiger partial charge in [0, 0.05) is 10.6 Å². The highest BCUT2D eigenvalue weighted by Crippen LogP contribution is 2.23. The molecule has 0 aromatic heterocycles. The zero-order valence-corrected chi connectivity index (χ0v) is 13.9. The van der Waals surface area contributed by atoms with Gasteiger partial charge in [-0.25, -0.2) is 0 Å². The molecule has 1 amide bonds. The van der Waals surface area contributed by atoms with E-state index in [0.717, 1.165) is 10.5 Å². The fraction of sp³-hybridized carbons (Fsp3) is 0.222. The van der Waals surface area contributed by atoms with Gasteiger partial charge in [0.2, 0.25) is 0 Å². The SMILES string of the molecule is Cc1ccc(NC(=O)COC(=O)[C@H](C)Sc2ccccc2)cc1. The van der Waals surface area contributed by atoms with E-state index in [4.69, 9.17) is 4.74 Å². The van der Waals surface area contributed by atoms with Gasteiger partial charge >= 0.3 is 5.97 Å². The number of nitrogens with one attached hydrogen (secondary N) is 1. The monoisotopic (exact) mass is 329 g/mol. The number of esters is 1. The summed E-state index contributed by atoms with van der Waals surface area (Å²) in [6, 6.07) is 17.0. The first kappa shape index (κ1) is 17.1. The first-order chi connectivity index (χ1) is 11.0. The molecule has 0 saturated heterocycles. The van der Waals surface area contributed by atoms with Crippen LogP contribution in [-0.4, -0.2) is 23.7 Å². The summed E-state index contributed by atoms with van der Waals surface area (Å²) in [5, 5.41) is 2.32. The summed E-state index contributed by atoms with van der Waals surface area (Å²) in [5.41, 5.74) is 1.80. The van der Waals surface area contributed by atoms with Crippen molar-refractivity contribution in [3.05, 3.63) is 60.2 Å². The Morgan fingerprint density at radius 3 is 2.39 bits per heavy atom. The van der Waals surface area contributed by atoms with Gasteiger partial charge in [-0.1, -0.05) is 35.9 Å². The molecule has 0 bridgehead atoms. The van der Waals surface area contributed by atoms with Crippen LogP contribution in [0.1, 0.15) is 12.5 Å². The molecule has 0 heterocycles. The van der Waals surface area contributed by atoms with Crippen LogP contribution in [0.2, 0.25) is 0 Å². The van der Waals surface area contributed by atoms with Crippen LogP contribution in [0.25, 0.3) is 0 Å². The Labute approximate surface area is 140 Å². The number of ether oxygens (including phenoxy) is 1. The van der Waals surface area contributed by atoms with Crippen molar-refractivity contribution in [2.75, 3.05) is 11.9 Å². The summed E-state index contributed by atoms with van der Waals surface area (Å²) in [7, 11) is 0. The van der Waals surface area contributed by atoms with Gasteiger partial charge in [-0.3, -0.25) is 9.59 Å². The molecule has 1 N–H and O–H groups in total. The van der Waals surface area contributed by atoms with Gasteiger partial charge in [0.25, 0.3) is 5.91 Å². The maximum Gasteiger partial charge on any atom is 0.319 e. The second-order valence-corrected chi connectivity index (χ2v) is 6.51. The molecule has 0 spiro atoms. The van der Waals surface area contributed by atoms with Crippen LogP contribution in [0.3, 0.4) is 0 Å². The normalized spacial score (nSPS) is 11.6. The lowest BCUT2D eigenvalue weighted by atomic mass is 10.2. The van der Waals surface area contributed by atoms with Crippen molar-refractivity contribution in [2.24, 2.45) is 0 Å². The van der Waals surface area contributed by atoms with E-state index in [1.54, 1.807) is 6.92 Å². The number of hydrogen-bond acceptors (Lipinski definition) is 4. The first-order valence-corrected chi connectivity index (χ1v) is 8.17. The third-order valence-corrected chi connectivity index (χ3v) is 4.16. The zero-order valence-electron chi connectivity index (χ0n) is 13.1. The fourth-order valence-electron chi connectivity index (χ4n) is 1.84. The minimum absolute atomic E-state index is 0.285. The number of anilines is 1. The molecule has 0 aliphatic carbocycles. The zero-order chi connectivity index (χ0) is 16.7. The van der Waals surface area contributed by atoms with Crippen molar-refractivity contribution in [2.45, 2.75) is 24.0 Å². The van der Waals surface area contributed by atoms with E-state index in [1.165, 1.54) is 11.8 Å². The standard InChI is InChI=1S/C18H19NO3S/c1-13-8-10-15(11-9-13)19-17(20)12-22-18(21)14(2)23-16-6-4-3-5-7-16/h3-11,14H,12H2,1-2H3,(H,19,20)/t14-/m0/s1. The summed E-state index contributed by atoms with van der Waals surface area (Å²) >= 11 is 1.40. The van der Waals surface area contributed by atoms with Gasteiger partial charge < -0.3 is 10.1 Å². The van der Waals surface area contributed by atoms with Crippen molar-refractivity contribution in [1.82, 2.24) is 0 Å². The van der Waals surface area contributed by atoms with Crippen LogP contribution in [-0.2, 0) is 14.3 Å². The van der Waals surface area contributed by atoms with E-state index >= 15 is 0 Å². The lowest BCUT2D eigenvalue weighted by Gasteiger charge is -2.11. The molecule has 5 heteroatoms. The van der Waals surface area contributed by atoms with Gasteiger partial charge in [0.1, 0.15) is 5.25 Å². The average molecular weight is 329 g/mol. The van der Waals surface area contributed by atoms with Crippen LogP contribution in [0, 0.1) is 6.92 Å². The molecule has 23 heavy (non-hydrogen) atoms. The Kier molecular flexibility index (Phi) is 6.23. The number of hydrogen-bond donors (Lipinski definition) is 1. The van der Waals surface area contributed by atoms with E-state index in [1.807, 2.05) is 61.5 Å². The highest BCUT2D eigenvalue weighted by Gasteiger charge is 2.17. The molecule has 2 rings (SSSR count). The van der Waals surface area contributed by atoms with Gasteiger partial charge in [-0.2, -0.15) is 0 Å². The van der Waals surface area contributed by atoms with Crippen LogP contribution in [0.4, 0.5) is 5.69 Å². The topological polar surface area (TPSA) is 55.4 Å². The van der Waals surface area contributed by atoms with Gasteiger partial charge in [0.05, 0.1) is 0 Å². The van der Waals surface area contributed by atoms with Crippen molar-refractivity contribution >= 4 is 29.3 Å². The van der Waals surface area contributed by atoms with Crippen LogP contribution in [0.5, 0.6) is 0 Å². The lowest BCUT2D eigenvalue weighted by molar-refractivity contribution is -0.146. The Hall–Kier alpha value is -2.27. The second-order valence-electron chi connectivity index (χ2n) is 5.10. The molecule has 0 saturated carbocycles. The molecule has 0 aliphatic rings. The number of rotatable bonds is 6. The first-order valence-electron chi connectivity index (χ1n) is 7.29. The minimum Gasteiger partial charge on any atom is -0.455 e. The van der Waals surface area contributed by atoms with Crippen LogP contribution in [0.15, 0.2) is 59.5 Å². The third-order valence-electron chi connectivity index (χ3n) is 3.07. The van der Waals surface area contributed by atoms with Gasteiger partial charge in [-0.05, 0) is 38.1 Å². The van der Waals surface area contributed by atoms with Gasteiger partial charge in [-0.15, -0.1) is 11.8 Å². The predicted molar refractivity (Wildman–Crippen MR) is 92.5 cm³/mol. The molecule has 2 aromatic rings. The largest absolute Gasteiger partial charge is 0.455 e. The summed E-state index contributed by atoms with van der Waals surface area (Å²) in [4.78, 5) is 24.7. The molecule has 1 atom stereocenters. The van der Waals surface area contributed by atoms with E-state index in [2.05, 4.69) is 5.32 Å². The highest BCUT2D eigenvalue weighted by atomic mass is 32.2. The lowest BCUT2D eigenvalue weighted by Crippen LogP contribution is -2.24. The molecule has 0 radical (unpaired) electrons. The number of thioether (sulfide) groups is 1. The van der Waals surface area contributed by atoms with Gasteiger partial charge in [0.15, 0.2) is 6.61 Å². The Morgan fingerprint density at radius 2 is 1.74 bits per heavy atom. The maximum atomic E-state index is 11.9. The fourth-order valence-corrected chi connectivity index (χ4v) is 2.73. The molecule has 0 unspecified atom stereocenters. The number of aryl methyl sites for hydroxylation is 1. The maximum absolute atomic E-state index is 11.9. The number of carbonyl (C=O) groups is 2. The second kappa shape index (κ2) is 8.39. The van der Waals surface area contributed by atoms with Crippen LogP contribution >= 0.6 is 11.8 Å². The molecule has 4 nitrogen and oxygen atoms in total. The smallest absolute Gasteiger partial charge is 0.319 e. The summed E-state index contributed by atoms with van der Waals surface area (Å²) in [5.74, 6) is -0.753. The Balaban J connectivity index is 1.76. The quantitative estimate of drug-likeness (QED) is 0.649.